The molecule has 2 heterocycles. The molecule has 4 rings (SSSR count). The number of aryl methyl sites for hydroxylation is 2. The maximum Gasteiger partial charge on any atom is 0.176 e. The minimum atomic E-state index is 0.464. The van der Waals surface area contributed by atoms with Crippen LogP contribution in [0.2, 0.25) is 0 Å². The summed E-state index contributed by atoms with van der Waals surface area (Å²) in [5.74, 6) is 1.90. The van der Waals surface area contributed by atoms with Crippen molar-refractivity contribution >= 4 is 0 Å². The van der Waals surface area contributed by atoms with Crippen LogP contribution in [-0.2, 0) is 30.7 Å². The van der Waals surface area contributed by atoms with Gasteiger partial charge in [0.1, 0.15) is 12.4 Å². The van der Waals surface area contributed by atoms with Gasteiger partial charge in [-0.1, -0.05) is 30.7 Å². The van der Waals surface area contributed by atoms with E-state index in [1.807, 2.05) is 0 Å². The van der Waals surface area contributed by atoms with Crippen molar-refractivity contribution in [2.75, 3.05) is 7.11 Å². The largest absolute Gasteiger partial charge is 0.377 e. The molecule has 1 aliphatic heterocycles. The van der Waals surface area contributed by atoms with E-state index in [9.17, 15) is 0 Å². The van der Waals surface area contributed by atoms with E-state index in [2.05, 4.69) is 44.3 Å². The fourth-order valence-electron chi connectivity index (χ4n) is 4.07. The zero-order valence-corrected chi connectivity index (χ0v) is 14.4. The summed E-state index contributed by atoms with van der Waals surface area (Å²) in [4.78, 5) is 4.57. The average Bonchev–Trinajstić information content (AvgIpc) is 2.88. The Morgan fingerprint density at radius 1 is 1.21 bits per heavy atom. The van der Waals surface area contributed by atoms with Crippen LogP contribution in [-0.4, -0.2) is 27.9 Å². The summed E-state index contributed by atoms with van der Waals surface area (Å²) in [5.41, 5.74) is 3.02. The summed E-state index contributed by atoms with van der Waals surface area (Å²) in [6.07, 6.45) is 7.16. The fourth-order valence-corrected chi connectivity index (χ4v) is 4.07. The average molecular weight is 326 g/mol. The van der Waals surface area contributed by atoms with Gasteiger partial charge in [-0.25, -0.2) is 9.67 Å². The van der Waals surface area contributed by atoms with Crippen molar-refractivity contribution in [2.24, 2.45) is 0 Å². The van der Waals surface area contributed by atoms with E-state index in [1.54, 1.807) is 7.11 Å². The van der Waals surface area contributed by atoms with E-state index in [4.69, 9.17) is 4.74 Å². The van der Waals surface area contributed by atoms with E-state index < -0.39 is 0 Å². The highest BCUT2D eigenvalue weighted by atomic mass is 16.5. The van der Waals surface area contributed by atoms with Crippen LogP contribution in [0.4, 0.5) is 0 Å². The van der Waals surface area contributed by atoms with E-state index in [0.29, 0.717) is 18.7 Å². The summed E-state index contributed by atoms with van der Waals surface area (Å²) >= 11 is 0. The van der Waals surface area contributed by atoms with Crippen LogP contribution in [0, 0.1) is 0 Å². The molecule has 1 N–H and O–H groups in total. The molecule has 24 heavy (non-hydrogen) atoms. The van der Waals surface area contributed by atoms with Gasteiger partial charge in [0.05, 0.1) is 6.54 Å². The van der Waals surface area contributed by atoms with Gasteiger partial charge in [0.2, 0.25) is 0 Å². The highest BCUT2D eigenvalue weighted by Crippen LogP contribution is 2.29. The van der Waals surface area contributed by atoms with Crippen molar-refractivity contribution in [3.8, 4) is 0 Å². The highest BCUT2D eigenvalue weighted by molar-refractivity contribution is 5.31. The number of hydrogen-bond donors (Lipinski definition) is 1. The van der Waals surface area contributed by atoms with Crippen LogP contribution in [0.5, 0.6) is 0 Å². The van der Waals surface area contributed by atoms with Gasteiger partial charge in [-0.15, -0.1) is 0 Å². The van der Waals surface area contributed by atoms with Crippen molar-refractivity contribution in [1.29, 1.82) is 0 Å². The molecular weight excluding hydrogens is 300 g/mol. The number of nitrogens with one attached hydrogen (secondary N) is 1. The first-order valence-corrected chi connectivity index (χ1v) is 9.09. The Labute approximate surface area is 143 Å². The number of rotatable bonds is 4. The third-order valence-electron chi connectivity index (χ3n) is 5.23. The molecule has 2 aromatic rings. The van der Waals surface area contributed by atoms with Crippen LogP contribution in [0.1, 0.15) is 54.5 Å². The first kappa shape index (κ1) is 15.8. The van der Waals surface area contributed by atoms with Crippen LogP contribution in [0.25, 0.3) is 0 Å². The molecule has 0 bridgehead atoms. The summed E-state index contributed by atoms with van der Waals surface area (Å²) in [5, 5.41) is 8.50. The lowest BCUT2D eigenvalue weighted by molar-refractivity contribution is 0.177. The Hall–Kier alpha value is -1.72. The molecule has 0 saturated heterocycles. The molecule has 5 heteroatoms. The number of hydrogen-bond acceptors (Lipinski definition) is 4. The van der Waals surface area contributed by atoms with Crippen molar-refractivity contribution in [3.63, 3.8) is 0 Å². The standard InChI is InChI=1S/C19H26N4O/c1-24-13-18-21-19-11-10-15(12-23(19)22-18)20-17-9-5-3-7-14-6-2-4-8-16(14)17/h2,4,6,8,15,17,20H,3,5,7,9-13H2,1H3. The van der Waals surface area contributed by atoms with E-state index in [-0.39, 0.29) is 0 Å². The second kappa shape index (κ2) is 7.03. The molecule has 0 saturated carbocycles. The van der Waals surface area contributed by atoms with Gasteiger partial charge in [-0.05, 0) is 36.8 Å². The lowest BCUT2D eigenvalue weighted by Gasteiger charge is -2.29. The summed E-state index contributed by atoms with van der Waals surface area (Å²) in [7, 11) is 1.69. The normalized spacial score (nSPS) is 23.4. The molecule has 0 radical (unpaired) electrons. The van der Waals surface area contributed by atoms with Crippen LogP contribution in [0.3, 0.4) is 0 Å². The molecule has 0 spiro atoms. The third-order valence-corrected chi connectivity index (χ3v) is 5.23. The number of benzene rings is 1. The summed E-state index contributed by atoms with van der Waals surface area (Å²) in [6.45, 7) is 1.40. The summed E-state index contributed by atoms with van der Waals surface area (Å²) < 4.78 is 7.22. The molecule has 1 aromatic heterocycles. The first-order valence-electron chi connectivity index (χ1n) is 9.09. The van der Waals surface area contributed by atoms with Crippen LogP contribution in [0.15, 0.2) is 24.3 Å². The molecule has 5 nitrogen and oxygen atoms in total. The zero-order valence-electron chi connectivity index (χ0n) is 14.4. The van der Waals surface area contributed by atoms with Gasteiger partial charge in [-0.2, -0.15) is 5.10 Å². The molecule has 0 amide bonds. The number of nitrogens with zero attached hydrogens (tertiary/aromatic N) is 3. The Bertz CT molecular complexity index is 696. The van der Waals surface area contributed by atoms with Gasteiger partial charge >= 0.3 is 0 Å². The molecule has 2 atom stereocenters. The maximum absolute atomic E-state index is 5.15. The lowest BCUT2D eigenvalue weighted by Crippen LogP contribution is -2.40. The molecule has 0 fully saturated rings. The van der Waals surface area contributed by atoms with Gasteiger partial charge < -0.3 is 10.1 Å². The Morgan fingerprint density at radius 3 is 3.04 bits per heavy atom. The maximum atomic E-state index is 5.15. The molecule has 2 unspecified atom stereocenters. The highest BCUT2D eigenvalue weighted by Gasteiger charge is 2.26. The second-order valence-corrected chi connectivity index (χ2v) is 6.96. The zero-order chi connectivity index (χ0) is 16.4. The minimum Gasteiger partial charge on any atom is -0.377 e. The van der Waals surface area contributed by atoms with E-state index in [0.717, 1.165) is 31.0 Å². The van der Waals surface area contributed by atoms with Crippen molar-refractivity contribution in [1.82, 2.24) is 20.1 Å². The van der Waals surface area contributed by atoms with Crippen LogP contribution < -0.4 is 5.32 Å². The lowest BCUT2D eigenvalue weighted by atomic mass is 9.97. The summed E-state index contributed by atoms with van der Waals surface area (Å²) in [6, 6.07) is 9.87. The number of ether oxygens (including phenoxy) is 1. The third kappa shape index (κ3) is 3.23. The molecule has 1 aromatic carbocycles. The Kier molecular flexibility index (Phi) is 4.63. The van der Waals surface area contributed by atoms with E-state index >= 15 is 0 Å². The molecule has 2 aliphatic rings. The second-order valence-electron chi connectivity index (χ2n) is 6.96. The van der Waals surface area contributed by atoms with Crippen molar-refractivity contribution in [2.45, 2.75) is 63.8 Å². The van der Waals surface area contributed by atoms with Gasteiger partial charge in [0.25, 0.3) is 0 Å². The smallest absolute Gasteiger partial charge is 0.176 e. The number of fused-ring (bicyclic) bond motifs is 2. The van der Waals surface area contributed by atoms with Crippen LogP contribution >= 0.6 is 0 Å². The monoisotopic (exact) mass is 326 g/mol. The number of aromatic nitrogens is 3. The predicted molar refractivity (Wildman–Crippen MR) is 92.7 cm³/mol. The SMILES string of the molecule is COCc1nc2n(n1)CC(NC1CCCCc3ccccc31)CC2. The van der Waals surface area contributed by atoms with Crippen molar-refractivity contribution in [3.05, 3.63) is 47.0 Å². The molecule has 1 aliphatic carbocycles. The predicted octanol–water partition coefficient (Wildman–Crippen LogP) is 2.80. The van der Waals surface area contributed by atoms with Gasteiger partial charge in [-0.3, -0.25) is 0 Å². The Morgan fingerprint density at radius 2 is 2.12 bits per heavy atom. The minimum absolute atomic E-state index is 0.464. The molecule has 128 valence electrons. The topological polar surface area (TPSA) is 52.0 Å². The van der Waals surface area contributed by atoms with Gasteiger partial charge in [0, 0.05) is 25.6 Å². The molecular formula is C19H26N4O. The first-order chi connectivity index (χ1) is 11.8. The quantitative estimate of drug-likeness (QED) is 0.878. The number of methoxy groups -OCH3 is 1. The fraction of sp³-hybridized carbons (Fsp3) is 0.579. The van der Waals surface area contributed by atoms with Crippen molar-refractivity contribution < 1.29 is 4.74 Å². The Balaban J connectivity index is 1.48. The van der Waals surface area contributed by atoms with Gasteiger partial charge in [0.15, 0.2) is 5.82 Å². The van der Waals surface area contributed by atoms with E-state index in [1.165, 1.54) is 36.8 Å².